The van der Waals surface area contributed by atoms with Crippen molar-refractivity contribution in [2.75, 3.05) is 25.4 Å². The van der Waals surface area contributed by atoms with E-state index in [-0.39, 0.29) is 168 Å². The summed E-state index contributed by atoms with van der Waals surface area (Å²) in [6, 6.07) is 49.2. The average molecular weight is 2170 g/mol. The van der Waals surface area contributed by atoms with Crippen molar-refractivity contribution in [3.8, 4) is 41.2 Å². The topological polar surface area (TPSA) is 458 Å². The van der Waals surface area contributed by atoms with E-state index in [0.717, 1.165) is 29.1 Å². The molecule has 39 heteroatoms. The second kappa shape index (κ2) is 53.0. The molecule has 126 heavy (non-hydrogen) atoms. The number of aromatic hydroxyl groups is 2. The number of hydrogen-bond donors (Lipinski definition) is 4. The standard InChI is InChI=1S/C14H10BrN3O4.C14H12BrNO2.C13H9BrN2O.C9H17BO2.C9H3BrN2O2.C9H4BrNO3.C7H6BrNO2.C6H4N2O.C5H11N.CH3.BrH.Mg/c1-2-21-14(20)7-5-6-11(19)10-8(3-4-9(15)17-10)22-13(6)18-12(7)16;1-10(17)14-12(7-8-13(15)16-14)18-9-11-5-3-2-4-6-11;14-13-7-6-12(11(8-15)16-13)17-9-10-4-2-1-3-5-10;1-7(2)10-11-8(3,4)9(5,6)12-10;10-7-2-1-6-8(12-7)9(13)5(3-11)4-14-6;10-7-2-1-6-8(11-7)9(13)5(3-12)4-14-6;1-4(10)7-5(11)2-3-6(8)9-7;7-4-5-6(9)2-1-3-8-5;1-2-4-6-5-3-1;;;/h3-5H,2H2,1H3,(H2,16,18);2-8H,9H2,1H3;1-7H,9H2;1H2,2-6H3;1-2,4H;1-4H;2-3,11H,1H3;1-3,9H;6H,1-5H2;1H3;1H;/q;;;;;;;;;-1;;+2/p-1. The number of allylic oxidation sites excluding steroid dienone is 1. The summed E-state index contributed by atoms with van der Waals surface area (Å²) >= 11 is 19.0. The predicted octanol–water partition coefficient (Wildman–Crippen LogP) is 15.2. The van der Waals surface area contributed by atoms with Gasteiger partial charge in [-0.2, -0.15) is 20.8 Å². The van der Waals surface area contributed by atoms with Crippen LogP contribution >= 0.6 is 95.6 Å². The number of nitrogens with one attached hydrogen (secondary N) is 1. The van der Waals surface area contributed by atoms with Crippen LogP contribution < -0.4 is 53.8 Å². The van der Waals surface area contributed by atoms with Crippen molar-refractivity contribution in [2.45, 2.75) is 99.1 Å². The number of aldehydes is 1. The van der Waals surface area contributed by atoms with Gasteiger partial charge in [0.05, 0.1) is 28.8 Å². The molecule has 13 aromatic rings. The van der Waals surface area contributed by atoms with Gasteiger partial charge in [-0.05, 0) is 265 Å². The first-order valence-corrected chi connectivity index (χ1v) is 41.5. The van der Waals surface area contributed by atoms with Crippen molar-refractivity contribution in [1.82, 2.24) is 45.2 Å². The van der Waals surface area contributed by atoms with E-state index in [1.165, 1.54) is 70.6 Å². The molecular weight excluding hydrogens is 2090 g/mol. The van der Waals surface area contributed by atoms with E-state index < -0.39 is 22.3 Å². The van der Waals surface area contributed by atoms with E-state index in [9.17, 15) is 33.6 Å². The number of benzene rings is 2. The molecule has 648 valence electrons. The molecule has 0 spiro atoms. The van der Waals surface area contributed by atoms with Crippen LogP contribution in [0.25, 0.3) is 44.4 Å². The number of esters is 1. The smallest absolute Gasteiger partial charge is 1.00 e. The van der Waals surface area contributed by atoms with Gasteiger partial charge in [-0.1, -0.05) is 72.6 Å². The number of nitrogens with zero attached hydrogens (tertiary/aromatic N) is 11. The van der Waals surface area contributed by atoms with Gasteiger partial charge < -0.3 is 82.4 Å². The molecule has 0 aliphatic carbocycles. The normalized spacial score (nSPS) is 12.0. The third-order valence-corrected chi connectivity index (χ3v) is 19.6. The molecule has 0 bridgehead atoms. The van der Waals surface area contributed by atoms with Crippen LogP contribution in [-0.4, -0.2) is 135 Å². The Morgan fingerprint density at radius 3 is 1.50 bits per heavy atom. The van der Waals surface area contributed by atoms with E-state index in [1.807, 2.05) is 101 Å². The fourth-order valence-corrected chi connectivity index (χ4v) is 11.9. The number of nitrogen functional groups attached to an aromatic ring is 1. The molecule has 0 radical (unpaired) electrons. The monoisotopic (exact) mass is 2160 g/mol. The van der Waals surface area contributed by atoms with Crippen molar-refractivity contribution in [1.29, 1.82) is 15.8 Å². The number of piperidine rings is 1. The maximum absolute atomic E-state index is 12.5. The van der Waals surface area contributed by atoms with Gasteiger partial charge >= 0.3 is 36.1 Å². The minimum atomic E-state index is -0.643. The van der Waals surface area contributed by atoms with E-state index >= 15 is 0 Å². The van der Waals surface area contributed by atoms with Gasteiger partial charge in [0.25, 0.3) is 0 Å². The molecular formula is C87H79BBr7MgN13O17. The molecule has 2 aliphatic heterocycles. The number of Topliss-reactive ketones (excluding diaryl/α,β-unsaturated/α-hetero) is 2. The number of ketones is 2. The van der Waals surface area contributed by atoms with Gasteiger partial charge in [0.15, 0.2) is 74.0 Å². The third kappa shape index (κ3) is 32.3. The van der Waals surface area contributed by atoms with Crippen molar-refractivity contribution in [3.63, 3.8) is 0 Å². The van der Waals surface area contributed by atoms with E-state index in [1.54, 1.807) is 91.9 Å². The second-order valence-electron chi connectivity index (χ2n) is 26.6. The van der Waals surface area contributed by atoms with Crippen molar-refractivity contribution < 1.29 is 83.1 Å². The molecule has 2 fully saturated rings. The Kier molecular flexibility index (Phi) is 45.3. The number of nitrogens with two attached hydrogens (primary N) is 1. The van der Waals surface area contributed by atoms with E-state index in [2.05, 4.69) is 147 Å². The Bertz CT molecular complexity index is 6250. The Morgan fingerprint density at radius 1 is 0.579 bits per heavy atom. The first-order valence-electron chi connectivity index (χ1n) is 36.7. The quantitative estimate of drug-likeness (QED) is 0.0168. The number of carbonyl (C=O) groups excluding carboxylic acids is 4. The Labute approximate surface area is 801 Å². The largest absolute Gasteiger partial charge is 2.00 e. The number of carbonyl (C=O) groups is 4. The van der Waals surface area contributed by atoms with Crippen LogP contribution in [0.15, 0.2) is 238 Å². The van der Waals surface area contributed by atoms with Gasteiger partial charge in [0, 0.05) is 20.0 Å². The third-order valence-electron chi connectivity index (χ3n) is 16.9. The summed E-state index contributed by atoms with van der Waals surface area (Å²) in [5.74, 6) is -0.201. The van der Waals surface area contributed by atoms with E-state index in [4.69, 9.17) is 68.5 Å². The Morgan fingerprint density at radius 2 is 1.05 bits per heavy atom. The number of hydrogen-bond acceptors (Lipinski definition) is 30. The zero-order chi connectivity index (χ0) is 90.1. The van der Waals surface area contributed by atoms with Gasteiger partial charge in [-0.25, -0.2) is 39.7 Å². The molecule has 11 aromatic heterocycles. The fraction of sp³-hybridized carbons (Fsp3) is 0.207. The maximum Gasteiger partial charge on any atom is 2.00 e. The van der Waals surface area contributed by atoms with Crippen LogP contribution in [0, 0.1) is 41.4 Å². The first kappa shape index (κ1) is 108. The summed E-state index contributed by atoms with van der Waals surface area (Å²) < 4.78 is 46.5. The van der Waals surface area contributed by atoms with Crippen molar-refractivity contribution >= 4 is 200 Å². The zero-order valence-electron chi connectivity index (χ0n) is 69.1. The molecule has 0 unspecified atom stereocenters. The van der Waals surface area contributed by atoms with Crippen LogP contribution in [0.4, 0.5) is 5.82 Å². The van der Waals surface area contributed by atoms with Gasteiger partial charge in [-0.3, -0.25) is 28.8 Å². The predicted molar refractivity (Wildman–Crippen MR) is 494 cm³/mol. The minimum absolute atomic E-state index is 0. The SMILES string of the molecule is C1CCNCC1.C=C(C)B1OC(C)(C)C(C)(C)O1.CC(=O)c1nc(Br)ccc1O.CC(=O)c1nc(Br)ccc1OCc1ccccc1.CCOC(=O)c1cc2c(=O)c3nc(Br)ccc3oc2nc1N.N#Cc1coc2ccc(Br)nc2c1=O.N#Cc1nc(Br)ccc1OCc1ccccc1.N#Cc1ncccc1O.O=Cc1coc2ccc(Br)nc2c1=O.[Br-].[CH3-].[Mg+2]. The van der Waals surface area contributed by atoms with Crippen LogP contribution in [0.2, 0.25) is 0 Å². The molecule has 2 aliphatic rings. The summed E-state index contributed by atoms with van der Waals surface area (Å²) in [5.41, 5.74) is 9.37. The zero-order valence-corrected chi connectivity index (χ0v) is 81.6. The molecule has 30 nitrogen and oxygen atoms in total. The van der Waals surface area contributed by atoms with E-state index in [0.29, 0.717) is 75.5 Å². The Balaban J connectivity index is 0.000000301. The van der Waals surface area contributed by atoms with Crippen molar-refractivity contribution in [2.24, 2.45) is 0 Å². The van der Waals surface area contributed by atoms with Crippen molar-refractivity contribution in [3.05, 3.63) is 299 Å². The molecule has 5 N–H and O–H groups in total. The molecule has 0 amide bonds. The minimum Gasteiger partial charge on any atom is -1.00 e. The Hall–Kier alpha value is -10.7. The first-order chi connectivity index (χ1) is 58.6. The maximum atomic E-state index is 12.5. The number of anilines is 1. The van der Waals surface area contributed by atoms with Gasteiger partial charge in [-0.15, -0.1) is 6.58 Å². The average Bonchev–Trinajstić information content (AvgIpc) is 0.859. The summed E-state index contributed by atoms with van der Waals surface area (Å²) in [6.07, 6.45) is 8.40. The van der Waals surface area contributed by atoms with Crippen LogP contribution in [0.5, 0.6) is 23.0 Å². The number of fused-ring (bicyclic) bond motifs is 4. The van der Waals surface area contributed by atoms with Crippen LogP contribution in [0.1, 0.15) is 144 Å². The molecule has 2 saturated heterocycles. The van der Waals surface area contributed by atoms with Crippen LogP contribution in [0.3, 0.4) is 0 Å². The molecule has 15 rings (SSSR count). The number of halogens is 7. The number of aromatic nitrogens is 8. The fourth-order valence-electron chi connectivity index (χ4n) is 10.1. The second-order valence-corrected chi connectivity index (χ2v) is 31.4. The number of nitriles is 3. The summed E-state index contributed by atoms with van der Waals surface area (Å²) in [7, 11) is -0.241. The van der Waals surface area contributed by atoms with Crippen LogP contribution in [-0.2, 0) is 27.3 Å². The summed E-state index contributed by atoms with van der Waals surface area (Å²) in [5, 5.41) is 47.1. The van der Waals surface area contributed by atoms with Gasteiger partial charge in [0.2, 0.25) is 22.0 Å². The molecule has 0 atom stereocenters. The summed E-state index contributed by atoms with van der Waals surface area (Å²) in [4.78, 5) is 112. The van der Waals surface area contributed by atoms with Gasteiger partial charge in [0.1, 0.15) is 111 Å². The number of pyridine rings is 8. The molecule has 2 aromatic carbocycles. The molecule has 13 heterocycles. The number of rotatable bonds is 12. The number of ether oxygens (including phenoxy) is 3. The summed E-state index contributed by atoms with van der Waals surface area (Å²) in [6.45, 7) is 21.9. The molecule has 0 saturated carbocycles.